The average Bonchev–Trinajstić information content (AvgIpc) is 2.30. The summed E-state index contributed by atoms with van der Waals surface area (Å²) < 4.78 is 0. The number of aromatic amines is 1. The third kappa shape index (κ3) is 1.17. The highest BCUT2D eigenvalue weighted by molar-refractivity contribution is 7.98. The van der Waals surface area contributed by atoms with E-state index >= 15 is 0 Å². The zero-order chi connectivity index (χ0) is 7.56. The van der Waals surface area contributed by atoms with Crippen molar-refractivity contribution in [1.29, 1.82) is 0 Å². The molecule has 1 aromatic heterocycles. The van der Waals surface area contributed by atoms with E-state index in [4.69, 9.17) is 5.11 Å². The van der Waals surface area contributed by atoms with Crippen LogP contribution in [-0.4, -0.2) is 21.6 Å². The third-order valence-corrected chi connectivity index (χ3v) is 2.11. The van der Waals surface area contributed by atoms with Crippen molar-refractivity contribution in [2.45, 2.75) is 18.6 Å². The van der Waals surface area contributed by atoms with Crippen molar-refractivity contribution in [3.8, 4) is 0 Å². The van der Waals surface area contributed by atoms with Crippen molar-refractivity contribution in [3.05, 3.63) is 11.3 Å². The standard InChI is InChI=1S/C6H10N2OS/c1-4-5(3-9)6(10-2)8-7-4/h9H,3H2,1-2H3,(H,7,8). The molecule has 1 heterocycles. The highest BCUT2D eigenvalue weighted by atomic mass is 32.2. The van der Waals surface area contributed by atoms with Gasteiger partial charge >= 0.3 is 0 Å². The molecule has 0 saturated heterocycles. The monoisotopic (exact) mass is 158 g/mol. The van der Waals surface area contributed by atoms with E-state index in [9.17, 15) is 0 Å². The van der Waals surface area contributed by atoms with Gasteiger partial charge in [-0.3, -0.25) is 5.10 Å². The number of aliphatic hydroxyl groups is 1. The smallest absolute Gasteiger partial charge is 0.123 e. The van der Waals surface area contributed by atoms with Gasteiger partial charge in [-0.05, 0) is 13.2 Å². The summed E-state index contributed by atoms with van der Waals surface area (Å²) in [5.41, 5.74) is 1.86. The lowest BCUT2D eigenvalue weighted by Gasteiger charge is -1.93. The molecule has 0 amide bonds. The lowest BCUT2D eigenvalue weighted by molar-refractivity contribution is 0.278. The van der Waals surface area contributed by atoms with Crippen LogP contribution in [0.4, 0.5) is 0 Å². The van der Waals surface area contributed by atoms with Crippen molar-refractivity contribution in [2.75, 3.05) is 6.26 Å². The molecule has 1 aromatic rings. The maximum atomic E-state index is 8.85. The molecule has 56 valence electrons. The van der Waals surface area contributed by atoms with Crippen molar-refractivity contribution in [2.24, 2.45) is 0 Å². The van der Waals surface area contributed by atoms with Gasteiger partial charge < -0.3 is 5.11 Å². The van der Waals surface area contributed by atoms with Gasteiger partial charge in [0, 0.05) is 11.3 Å². The average molecular weight is 158 g/mol. The topological polar surface area (TPSA) is 48.9 Å². The van der Waals surface area contributed by atoms with Gasteiger partial charge in [0.25, 0.3) is 0 Å². The molecular formula is C6H10N2OS. The summed E-state index contributed by atoms with van der Waals surface area (Å²) in [4.78, 5) is 0. The zero-order valence-electron chi connectivity index (χ0n) is 6.01. The van der Waals surface area contributed by atoms with Crippen LogP contribution in [-0.2, 0) is 6.61 Å². The first-order chi connectivity index (χ1) is 4.79. The second-order valence-electron chi connectivity index (χ2n) is 1.99. The Labute approximate surface area is 63.8 Å². The molecule has 4 heteroatoms. The molecule has 0 aliphatic rings. The number of aryl methyl sites for hydroxylation is 1. The summed E-state index contributed by atoms with van der Waals surface area (Å²) in [7, 11) is 0. The maximum absolute atomic E-state index is 8.85. The van der Waals surface area contributed by atoms with E-state index in [0.717, 1.165) is 16.3 Å². The Balaban J connectivity index is 3.01. The van der Waals surface area contributed by atoms with Crippen LogP contribution in [0.5, 0.6) is 0 Å². The van der Waals surface area contributed by atoms with Crippen molar-refractivity contribution in [1.82, 2.24) is 10.2 Å². The fourth-order valence-corrected chi connectivity index (χ4v) is 1.39. The van der Waals surface area contributed by atoms with Gasteiger partial charge in [-0.2, -0.15) is 5.10 Å². The minimum atomic E-state index is 0.0680. The lowest BCUT2D eigenvalue weighted by atomic mass is 10.3. The maximum Gasteiger partial charge on any atom is 0.123 e. The van der Waals surface area contributed by atoms with Crippen molar-refractivity contribution >= 4 is 11.8 Å². The van der Waals surface area contributed by atoms with E-state index in [1.807, 2.05) is 13.2 Å². The Morgan fingerprint density at radius 3 is 2.80 bits per heavy atom. The fourth-order valence-electron chi connectivity index (χ4n) is 0.785. The number of aromatic nitrogens is 2. The van der Waals surface area contributed by atoms with Crippen LogP contribution in [0.15, 0.2) is 5.03 Å². The van der Waals surface area contributed by atoms with Crippen LogP contribution in [0, 0.1) is 6.92 Å². The molecule has 0 fully saturated rings. The summed E-state index contributed by atoms with van der Waals surface area (Å²) in [6, 6.07) is 0. The Morgan fingerprint density at radius 1 is 1.70 bits per heavy atom. The molecule has 0 radical (unpaired) electrons. The molecule has 0 aliphatic heterocycles. The number of hydrogen-bond acceptors (Lipinski definition) is 3. The summed E-state index contributed by atoms with van der Waals surface area (Å²) in [5, 5.41) is 16.5. The predicted octanol–water partition coefficient (Wildman–Crippen LogP) is 0.932. The molecule has 3 nitrogen and oxygen atoms in total. The van der Waals surface area contributed by atoms with E-state index in [2.05, 4.69) is 10.2 Å². The second-order valence-corrected chi connectivity index (χ2v) is 2.79. The van der Waals surface area contributed by atoms with Crippen molar-refractivity contribution in [3.63, 3.8) is 0 Å². The minimum Gasteiger partial charge on any atom is -0.392 e. The van der Waals surface area contributed by atoms with E-state index in [-0.39, 0.29) is 6.61 Å². The normalized spacial score (nSPS) is 10.3. The molecule has 2 N–H and O–H groups in total. The van der Waals surface area contributed by atoms with Crippen LogP contribution < -0.4 is 0 Å². The predicted molar refractivity (Wildman–Crippen MR) is 41.0 cm³/mol. The van der Waals surface area contributed by atoms with E-state index in [0.29, 0.717) is 0 Å². The Kier molecular flexibility index (Phi) is 2.34. The van der Waals surface area contributed by atoms with Crippen molar-refractivity contribution < 1.29 is 5.11 Å². The molecule has 0 bridgehead atoms. The van der Waals surface area contributed by atoms with Crippen LogP contribution >= 0.6 is 11.8 Å². The van der Waals surface area contributed by atoms with Gasteiger partial charge in [0.2, 0.25) is 0 Å². The van der Waals surface area contributed by atoms with Gasteiger partial charge in [0.05, 0.1) is 6.61 Å². The first-order valence-electron chi connectivity index (χ1n) is 2.98. The highest BCUT2D eigenvalue weighted by Crippen LogP contribution is 2.19. The van der Waals surface area contributed by atoms with Crippen LogP contribution in [0.2, 0.25) is 0 Å². The summed E-state index contributed by atoms with van der Waals surface area (Å²) in [6.07, 6.45) is 1.94. The number of nitrogens with one attached hydrogen (secondary N) is 1. The third-order valence-electron chi connectivity index (χ3n) is 1.39. The minimum absolute atomic E-state index is 0.0680. The number of H-pyrrole nitrogens is 1. The van der Waals surface area contributed by atoms with Gasteiger partial charge in [0.15, 0.2) is 0 Å². The lowest BCUT2D eigenvalue weighted by Crippen LogP contribution is -1.84. The largest absolute Gasteiger partial charge is 0.392 e. The fraction of sp³-hybridized carbons (Fsp3) is 0.500. The number of thioether (sulfide) groups is 1. The van der Waals surface area contributed by atoms with Gasteiger partial charge in [-0.15, -0.1) is 11.8 Å². The van der Waals surface area contributed by atoms with Crippen LogP contribution in [0.25, 0.3) is 0 Å². The molecule has 10 heavy (non-hydrogen) atoms. The highest BCUT2D eigenvalue weighted by Gasteiger charge is 2.06. The second kappa shape index (κ2) is 3.07. The Bertz CT molecular complexity index is 222. The number of nitrogens with zero attached hydrogens (tertiary/aromatic N) is 1. The molecule has 1 rings (SSSR count). The molecule has 0 aromatic carbocycles. The first-order valence-corrected chi connectivity index (χ1v) is 4.20. The summed E-state index contributed by atoms with van der Waals surface area (Å²) in [6.45, 7) is 1.97. The Hall–Kier alpha value is -0.480. The first kappa shape index (κ1) is 7.63. The Morgan fingerprint density at radius 2 is 2.40 bits per heavy atom. The molecule has 0 spiro atoms. The van der Waals surface area contributed by atoms with Crippen LogP contribution in [0.1, 0.15) is 11.3 Å². The summed E-state index contributed by atoms with van der Waals surface area (Å²) >= 11 is 1.54. The molecule has 0 unspecified atom stereocenters. The number of aliphatic hydroxyl groups excluding tert-OH is 1. The zero-order valence-corrected chi connectivity index (χ0v) is 6.83. The van der Waals surface area contributed by atoms with Crippen LogP contribution in [0.3, 0.4) is 0 Å². The van der Waals surface area contributed by atoms with E-state index in [1.165, 1.54) is 11.8 Å². The van der Waals surface area contributed by atoms with Gasteiger partial charge in [0.1, 0.15) is 5.03 Å². The van der Waals surface area contributed by atoms with Gasteiger partial charge in [-0.25, -0.2) is 0 Å². The summed E-state index contributed by atoms with van der Waals surface area (Å²) in [5.74, 6) is 0. The quantitative estimate of drug-likeness (QED) is 0.629. The molecule has 0 saturated carbocycles. The number of rotatable bonds is 2. The molecular weight excluding hydrogens is 148 g/mol. The number of hydrogen-bond donors (Lipinski definition) is 2. The van der Waals surface area contributed by atoms with E-state index < -0.39 is 0 Å². The molecule has 0 atom stereocenters. The molecule has 0 aliphatic carbocycles. The SMILES string of the molecule is CSc1n[nH]c(C)c1CO. The van der Waals surface area contributed by atoms with E-state index in [1.54, 1.807) is 0 Å². The van der Waals surface area contributed by atoms with Gasteiger partial charge in [-0.1, -0.05) is 0 Å².